The lowest BCUT2D eigenvalue weighted by Gasteiger charge is -2.37. The van der Waals surface area contributed by atoms with Crippen LogP contribution in [0, 0.1) is 0 Å². The highest BCUT2D eigenvalue weighted by Crippen LogP contribution is 2.14. The normalized spacial score (nSPS) is 22.3. The molecule has 0 bridgehead atoms. The largest absolute Gasteiger partial charge is 0.468 e. The van der Waals surface area contributed by atoms with Gasteiger partial charge in [0, 0.05) is 43.8 Å². The van der Waals surface area contributed by atoms with Crippen LogP contribution < -0.4 is 5.32 Å². The monoisotopic (exact) mass is 265 g/mol. The van der Waals surface area contributed by atoms with Crippen LogP contribution in [-0.2, 0) is 13.1 Å². The Labute approximate surface area is 116 Å². The van der Waals surface area contributed by atoms with Crippen LogP contribution >= 0.6 is 0 Å². The molecule has 1 unspecified atom stereocenters. The topological polar surface area (TPSA) is 31.7 Å². The lowest BCUT2D eigenvalue weighted by atomic mass is 10.2. The van der Waals surface area contributed by atoms with Crippen molar-refractivity contribution in [1.82, 2.24) is 15.1 Å². The second kappa shape index (κ2) is 6.55. The van der Waals surface area contributed by atoms with Gasteiger partial charge in [0.1, 0.15) is 5.76 Å². The van der Waals surface area contributed by atoms with E-state index in [4.69, 9.17) is 4.42 Å². The number of hydrogen-bond acceptors (Lipinski definition) is 4. The summed E-state index contributed by atoms with van der Waals surface area (Å²) in [6, 6.07) is 3.32. The molecule has 1 fully saturated rings. The smallest absolute Gasteiger partial charge is 0.118 e. The van der Waals surface area contributed by atoms with Crippen molar-refractivity contribution in [2.75, 3.05) is 26.7 Å². The van der Waals surface area contributed by atoms with E-state index in [9.17, 15) is 0 Å². The van der Waals surface area contributed by atoms with Crippen LogP contribution in [0.5, 0.6) is 0 Å². The van der Waals surface area contributed by atoms with Gasteiger partial charge in [0.25, 0.3) is 0 Å². The zero-order valence-electron chi connectivity index (χ0n) is 12.6. The zero-order chi connectivity index (χ0) is 13.8. The molecular weight excluding hydrogens is 238 g/mol. The van der Waals surface area contributed by atoms with E-state index < -0.39 is 0 Å². The van der Waals surface area contributed by atoms with Crippen LogP contribution in [0.15, 0.2) is 16.7 Å². The summed E-state index contributed by atoms with van der Waals surface area (Å²) in [4.78, 5) is 4.89. The molecule has 1 aromatic rings. The molecule has 0 aromatic carbocycles. The van der Waals surface area contributed by atoms with E-state index in [1.165, 1.54) is 5.56 Å². The van der Waals surface area contributed by atoms with Gasteiger partial charge in [0.15, 0.2) is 0 Å². The first kappa shape index (κ1) is 14.6. The van der Waals surface area contributed by atoms with Crippen LogP contribution in [0.4, 0.5) is 0 Å². The molecule has 1 saturated heterocycles. The summed E-state index contributed by atoms with van der Waals surface area (Å²) in [5.41, 5.74) is 1.24. The van der Waals surface area contributed by atoms with Crippen molar-refractivity contribution in [3.05, 3.63) is 23.7 Å². The summed E-state index contributed by atoms with van der Waals surface area (Å²) in [5.74, 6) is 1.08. The third-order valence-electron chi connectivity index (χ3n) is 3.85. The molecule has 0 amide bonds. The SMILES string of the molecule is CC(C)NCc1coc(CN2CCN(C)C(C)C2)c1. The maximum atomic E-state index is 5.67. The van der Waals surface area contributed by atoms with E-state index in [0.29, 0.717) is 12.1 Å². The van der Waals surface area contributed by atoms with Gasteiger partial charge in [-0.3, -0.25) is 4.90 Å². The minimum atomic E-state index is 0.511. The second-order valence-corrected chi connectivity index (χ2v) is 6.02. The van der Waals surface area contributed by atoms with Gasteiger partial charge in [0.2, 0.25) is 0 Å². The number of furan rings is 1. The average Bonchev–Trinajstić information content (AvgIpc) is 2.79. The lowest BCUT2D eigenvalue weighted by Crippen LogP contribution is -2.49. The van der Waals surface area contributed by atoms with Crippen molar-refractivity contribution in [3.8, 4) is 0 Å². The molecule has 1 atom stereocenters. The van der Waals surface area contributed by atoms with Gasteiger partial charge in [0.05, 0.1) is 12.8 Å². The van der Waals surface area contributed by atoms with Gasteiger partial charge >= 0.3 is 0 Å². The van der Waals surface area contributed by atoms with Gasteiger partial charge in [-0.2, -0.15) is 0 Å². The van der Waals surface area contributed by atoms with Crippen LogP contribution in [-0.4, -0.2) is 48.6 Å². The molecular formula is C15H27N3O. The van der Waals surface area contributed by atoms with Crippen LogP contribution in [0.1, 0.15) is 32.1 Å². The predicted molar refractivity (Wildman–Crippen MR) is 78.1 cm³/mol. The number of hydrogen-bond donors (Lipinski definition) is 1. The summed E-state index contributed by atoms with van der Waals surface area (Å²) in [7, 11) is 2.20. The first-order valence-electron chi connectivity index (χ1n) is 7.27. The highest BCUT2D eigenvalue weighted by atomic mass is 16.3. The van der Waals surface area contributed by atoms with Gasteiger partial charge in [-0.25, -0.2) is 0 Å². The first-order chi connectivity index (χ1) is 9.04. The van der Waals surface area contributed by atoms with E-state index in [-0.39, 0.29) is 0 Å². The highest BCUT2D eigenvalue weighted by molar-refractivity contribution is 5.12. The van der Waals surface area contributed by atoms with Gasteiger partial charge < -0.3 is 14.6 Å². The molecule has 1 N–H and O–H groups in total. The van der Waals surface area contributed by atoms with Gasteiger partial charge in [-0.05, 0) is 20.0 Å². The highest BCUT2D eigenvalue weighted by Gasteiger charge is 2.21. The molecule has 1 aromatic heterocycles. The zero-order valence-corrected chi connectivity index (χ0v) is 12.6. The third-order valence-corrected chi connectivity index (χ3v) is 3.85. The van der Waals surface area contributed by atoms with Crippen molar-refractivity contribution in [2.24, 2.45) is 0 Å². The summed E-state index contributed by atoms with van der Waals surface area (Å²) in [6.07, 6.45) is 1.88. The van der Waals surface area contributed by atoms with E-state index in [0.717, 1.165) is 38.5 Å². The standard InChI is InChI=1S/C15H27N3O/c1-12(2)16-8-14-7-15(19-11-14)10-18-6-5-17(4)13(3)9-18/h7,11-13,16H,5-6,8-10H2,1-4H3. The molecule has 19 heavy (non-hydrogen) atoms. The van der Waals surface area contributed by atoms with Crippen LogP contribution in [0.3, 0.4) is 0 Å². The summed E-state index contributed by atoms with van der Waals surface area (Å²) >= 11 is 0. The summed E-state index contributed by atoms with van der Waals surface area (Å²) in [6.45, 7) is 11.8. The third kappa shape index (κ3) is 4.34. The molecule has 0 aliphatic carbocycles. The van der Waals surface area contributed by atoms with E-state index in [1.807, 2.05) is 6.26 Å². The van der Waals surface area contributed by atoms with Crippen molar-refractivity contribution in [3.63, 3.8) is 0 Å². The fourth-order valence-electron chi connectivity index (χ4n) is 2.41. The van der Waals surface area contributed by atoms with E-state index >= 15 is 0 Å². The molecule has 0 spiro atoms. The first-order valence-corrected chi connectivity index (χ1v) is 7.27. The molecule has 2 rings (SSSR count). The molecule has 0 saturated carbocycles. The van der Waals surface area contributed by atoms with Crippen molar-refractivity contribution in [1.29, 1.82) is 0 Å². The Hall–Kier alpha value is -0.840. The van der Waals surface area contributed by atoms with Crippen LogP contribution in [0.2, 0.25) is 0 Å². The Kier molecular flexibility index (Phi) is 5.02. The lowest BCUT2D eigenvalue weighted by molar-refractivity contribution is 0.0947. The number of nitrogens with zero attached hydrogens (tertiary/aromatic N) is 2. The quantitative estimate of drug-likeness (QED) is 0.881. The molecule has 0 radical (unpaired) electrons. The summed E-state index contributed by atoms with van der Waals surface area (Å²) in [5, 5.41) is 3.41. The number of piperazine rings is 1. The Bertz CT molecular complexity index is 388. The average molecular weight is 265 g/mol. The van der Waals surface area contributed by atoms with Gasteiger partial charge in [-0.1, -0.05) is 13.8 Å². The molecule has 4 heteroatoms. The van der Waals surface area contributed by atoms with E-state index in [2.05, 4.69) is 49.0 Å². The fourth-order valence-corrected chi connectivity index (χ4v) is 2.41. The molecule has 108 valence electrons. The maximum Gasteiger partial charge on any atom is 0.118 e. The van der Waals surface area contributed by atoms with E-state index in [1.54, 1.807) is 0 Å². The maximum absolute atomic E-state index is 5.67. The summed E-state index contributed by atoms with van der Waals surface area (Å²) < 4.78 is 5.67. The van der Waals surface area contributed by atoms with Gasteiger partial charge in [-0.15, -0.1) is 0 Å². The van der Waals surface area contributed by atoms with Crippen molar-refractivity contribution in [2.45, 2.75) is 45.9 Å². The number of nitrogens with one attached hydrogen (secondary N) is 1. The number of likely N-dealkylation sites (N-methyl/N-ethyl adjacent to an activating group) is 1. The van der Waals surface area contributed by atoms with Crippen LogP contribution in [0.25, 0.3) is 0 Å². The van der Waals surface area contributed by atoms with Crippen molar-refractivity contribution >= 4 is 0 Å². The minimum Gasteiger partial charge on any atom is -0.468 e. The Morgan fingerprint density at radius 1 is 1.42 bits per heavy atom. The predicted octanol–water partition coefficient (Wildman–Crippen LogP) is 1.91. The second-order valence-electron chi connectivity index (χ2n) is 6.02. The molecule has 2 heterocycles. The Morgan fingerprint density at radius 3 is 2.89 bits per heavy atom. The number of rotatable bonds is 5. The Morgan fingerprint density at radius 2 is 2.21 bits per heavy atom. The van der Waals surface area contributed by atoms with Crippen molar-refractivity contribution < 1.29 is 4.42 Å². The minimum absolute atomic E-state index is 0.511. The fraction of sp³-hybridized carbons (Fsp3) is 0.733. The molecule has 1 aliphatic rings. The molecule has 4 nitrogen and oxygen atoms in total. The molecule has 1 aliphatic heterocycles. The Balaban J connectivity index is 1.83.